The van der Waals surface area contributed by atoms with Crippen LogP contribution < -0.4 is 9.47 Å². The molecule has 0 N–H and O–H groups in total. The second kappa shape index (κ2) is 17.3. The predicted molar refractivity (Wildman–Crippen MR) is 161 cm³/mol. The summed E-state index contributed by atoms with van der Waals surface area (Å²) in [4.78, 5) is 12.5. The van der Waals surface area contributed by atoms with E-state index in [9.17, 15) is 4.79 Å². The Morgan fingerprint density at radius 3 is 1.82 bits per heavy atom. The van der Waals surface area contributed by atoms with Gasteiger partial charge >= 0.3 is 5.97 Å². The number of carbonyl (C=O) groups excluding carboxylic acids is 1. The van der Waals surface area contributed by atoms with Crippen LogP contribution in [0.25, 0.3) is 11.1 Å². The molecule has 1 atom stereocenters. The Balaban J connectivity index is 1.41. The fourth-order valence-electron chi connectivity index (χ4n) is 4.45. The van der Waals surface area contributed by atoms with Gasteiger partial charge in [-0.05, 0) is 79.3 Å². The Morgan fingerprint density at radius 2 is 1.18 bits per heavy atom. The van der Waals surface area contributed by atoms with Crippen LogP contribution in [0.15, 0.2) is 72.8 Å². The van der Waals surface area contributed by atoms with Crippen LogP contribution in [-0.4, -0.2) is 18.7 Å². The largest absolute Gasteiger partial charge is 0.494 e. The molecule has 0 saturated heterocycles. The second-order valence-electron chi connectivity index (χ2n) is 10.4. The van der Waals surface area contributed by atoms with E-state index in [-0.39, 0.29) is 12.1 Å². The molecule has 4 heteroatoms. The Labute approximate surface area is 235 Å². The van der Waals surface area contributed by atoms with E-state index in [0.717, 1.165) is 54.1 Å². The summed E-state index contributed by atoms with van der Waals surface area (Å²) >= 11 is 0. The number of ether oxygens (including phenoxy) is 3. The number of unbranched alkanes of at least 4 members (excludes halogenated alkanes) is 7. The first-order chi connectivity index (χ1) is 19.1. The third kappa shape index (κ3) is 11.2. The van der Waals surface area contributed by atoms with Gasteiger partial charge < -0.3 is 14.2 Å². The SMILES string of the molecule is CCCCCCCOc1ccc(COc2ccc(-c3ccc(C(=O)OC(C)CCCCCC)cc3)cc2)cc1. The van der Waals surface area contributed by atoms with Crippen molar-refractivity contribution in [1.29, 1.82) is 0 Å². The molecular formula is C35H46O4. The fraction of sp³-hybridized carbons (Fsp3) is 0.457. The van der Waals surface area contributed by atoms with Gasteiger partial charge in [-0.1, -0.05) is 95.2 Å². The van der Waals surface area contributed by atoms with Crippen molar-refractivity contribution < 1.29 is 19.0 Å². The fourth-order valence-corrected chi connectivity index (χ4v) is 4.45. The van der Waals surface area contributed by atoms with Gasteiger partial charge in [0.15, 0.2) is 0 Å². The summed E-state index contributed by atoms with van der Waals surface area (Å²) in [6, 6.07) is 23.8. The van der Waals surface area contributed by atoms with E-state index in [1.165, 1.54) is 44.9 Å². The van der Waals surface area contributed by atoms with Crippen molar-refractivity contribution >= 4 is 5.97 Å². The van der Waals surface area contributed by atoms with Crippen LogP contribution in [0.5, 0.6) is 11.5 Å². The quantitative estimate of drug-likeness (QED) is 0.121. The summed E-state index contributed by atoms with van der Waals surface area (Å²) in [5.41, 5.74) is 3.81. The first-order valence-corrected chi connectivity index (χ1v) is 14.8. The molecule has 3 aromatic carbocycles. The first kappa shape index (κ1) is 30.3. The van der Waals surface area contributed by atoms with Crippen molar-refractivity contribution in [2.75, 3.05) is 6.61 Å². The van der Waals surface area contributed by atoms with Crippen molar-refractivity contribution in [3.05, 3.63) is 83.9 Å². The summed E-state index contributed by atoms with van der Waals surface area (Å²) < 4.78 is 17.5. The van der Waals surface area contributed by atoms with Gasteiger partial charge in [0.05, 0.1) is 18.3 Å². The Hall–Kier alpha value is -3.27. The minimum Gasteiger partial charge on any atom is -0.494 e. The van der Waals surface area contributed by atoms with E-state index in [2.05, 4.69) is 26.0 Å². The van der Waals surface area contributed by atoms with Gasteiger partial charge in [0.25, 0.3) is 0 Å². The Bertz CT molecular complexity index is 1070. The highest BCUT2D eigenvalue weighted by Gasteiger charge is 2.12. The first-order valence-electron chi connectivity index (χ1n) is 14.8. The molecular weight excluding hydrogens is 484 g/mol. The van der Waals surface area contributed by atoms with Crippen LogP contribution >= 0.6 is 0 Å². The minimum atomic E-state index is -0.254. The lowest BCUT2D eigenvalue weighted by atomic mass is 10.0. The highest BCUT2D eigenvalue weighted by molar-refractivity contribution is 5.90. The van der Waals surface area contributed by atoms with Gasteiger partial charge in [-0.2, -0.15) is 0 Å². The third-order valence-electron chi connectivity index (χ3n) is 6.93. The molecule has 3 aromatic rings. The lowest BCUT2D eigenvalue weighted by Gasteiger charge is -2.13. The zero-order valence-electron chi connectivity index (χ0n) is 24.1. The molecule has 0 spiro atoms. The maximum Gasteiger partial charge on any atom is 0.338 e. The molecule has 0 radical (unpaired) electrons. The molecule has 0 fully saturated rings. The van der Waals surface area contributed by atoms with Gasteiger partial charge in [-0.3, -0.25) is 0 Å². The Kier molecular flexibility index (Phi) is 13.5. The van der Waals surface area contributed by atoms with Gasteiger partial charge in [0, 0.05) is 0 Å². The van der Waals surface area contributed by atoms with Gasteiger partial charge in [-0.15, -0.1) is 0 Å². The predicted octanol–water partition coefficient (Wildman–Crippen LogP) is 9.80. The minimum absolute atomic E-state index is 0.0575. The molecule has 0 aliphatic rings. The number of esters is 1. The molecule has 0 aliphatic heterocycles. The van der Waals surface area contributed by atoms with Crippen LogP contribution in [0, 0.1) is 0 Å². The van der Waals surface area contributed by atoms with Crippen molar-refractivity contribution in [3.8, 4) is 22.6 Å². The van der Waals surface area contributed by atoms with Crippen molar-refractivity contribution in [2.45, 2.75) is 97.7 Å². The zero-order valence-corrected chi connectivity index (χ0v) is 24.1. The number of hydrogen-bond donors (Lipinski definition) is 0. The van der Waals surface area contributed by atoms with E-state index in [0.29, 0.717) is 12.2 Å². The highest BCUT2D eigenvalue weighted by Crippen LogP contribution is 2.24. The number of hydrogen-bond acceptors (Lipinski definition) is 4. The van der Waals surface area contributed by atoms with Crippen LogP contribution in [0.3, 0.4) is 0 Å². The van der Waals surface area contributed by atoms with Crippen LogP contribution in [0.1, 0.15) is 101 Å². The monoisotopic (exact) mass is 530 g/mol. The topological polar surface area (TPSA) is 44.8 Å². The number of benzene rings is 3. The second-order valence-corrected chi connectivity index (χ2v) is 10.4. The van der Waals surface area contributed by atoms with E-state index in [1.54, 1.807) is 0 Å². The van der Waals surface area contributed by atoms with E-state index < -0.39 is 0 Å². The normalized spacial score (nSPS) is 11.7. The van der Waals surface area contributed by atoms with Crippen LogP contribution in [0.4, 0.5) is 0 Å². The summed E-state index contributed by atoms with van der Waals surface area (Å²) in [6.07, 6.45) is 11.8. The molecule has 1 unspecified atom stereocenters. The molecule has 0 aliphatic carbocycles. The Morgan fingerprint density at radius 1 is 0.641 bits per heavy atom. The van der Waals surface area contributed by atoms with Crippen LogP contribution in [0.2, 0.25) is 0 Å². The molecule has 0 amide bonds. The lowest BCUT2D eigenvalue weighted by Crippen LogP contribution is -2.15. The maximum atomic E-state index is 12.5. The zero-order chi connectivity index (χ0) is 27.7. The van der Waals surface area contributed by atoms with Crippen molar-refractivity contribution in [2.24, 2.45) is 0 Å². The van der Waals surface area contributed by atoms with Gasteiger partial charge in [0.2, 0.25) is 0 Å². The van der Waals surface area contributed by atoms with Crippen LogP contribution in [-0.2, 0) is 11.3 Å². The number of carbonyl (C=O) groups is 1. The van der Waals surface area contributed by atoms with Crippen molar-refractivity contribution in [3.63, 3.8) is 0 Å². The molecule has 39 heavy (non-hydrogen) atoms. The number of rotatable bonds is 18. The molecule has 210 valence electrons. The van der Waals surface area contributed by atoms with E-state index in [4.69, 9.17) is 14.2 Å². The summed E-state index contributed by atoms with van der Waals surface area (Å²) in [6.45, 7) is 7.68. The van der Waals surface area contributed by atoms with E-state index in [1.807, 2.05) is 67.6 Å². The standard InChI is InChI=1S/C35H46O4/c1-4-6-8-10-12-26-37-33-22-14-29(15-23-33)27-38-34-24-20-31(21-25-34)30-16-18-32(19-17-30)35(36)39-28(3)13-11-9-7-5-2/h14-25,28H,4-13,26-27H2,1-3H3. The summed E-state index contributed by atoms with van der Waals surface area (Å²) in [7, 11) is 0. The maximum absolute atomic E-state index is 12.5. The average Bonchev–Trinajstić information content (AvgIpc) is 2.97. The molecule has 0 bridgehead atoms. The average molecular weight is 531 g/mol. The smallest absolute Gasteiger partial charge is 0.338 e. The van der Waals surface area contributed by atoms with Crippen molar-refractivity contribution in [1.82, 2.24) is 0 Å². The lowest BCUT2D eigenvalue weighted by molar-refractivity contribution is 0.0319. The molecule has 0 aromatic heterocycles. The van der Waals surface area contributed by atoms with Gasteiger partial charge in [0.1, 0.15) is 18.1 Å². The molecule has 0 saturated carbocycles. The van der Waals surface area contributed by atoms with E-state index >= 15 is 0 Å². The highest BCUT2D eigenvalue weighted by atomic mass is 16.5. The molecule has 3 rings (SSSR count). The third-order valence-corrected chi connectivity index (χ3v) is 6.93. The molecule has 0 heterocycles. The molecule has 4 nitrogen and oxygen atoms in total. The summed E-state index contributed by atoms with van der Waals surface area (Å²) in [5, 5.41) is 0. The summed E-state index contributed by atoms with van der Waals surface area (Å²) in [5.74, 6) is 1.48. The van der Waals surface area contributed by atoms with Gasteiger partial charge in [-0.25, -0.2) is 4.79 Å².